The summed E-state index contributed by atoms with van der Waals surface area (Å²) in [7, 11) is 0. The van der Waals surface area contributed by atoms with Crippen LogP contribution in [0.3, 0.4) is 0 Å². The minimum atomic E-state index is -0.472. The Kier molecular flexibility index (Phi) is 4.41. The predicted octanol–water partition coefficient (Wildman–Crippen LogP) is 3.48. The third-order valence-electron chi connectivity index (χ3n) is 5.26. The van der Waals surface area contributed by atoms with Crippen molar-refractivity contribution in [3.05, 3.63) is 57.9 Å². The number of benzene rings is 1. The monoisotopic (exact) mass is 339 g/mol. The Morgan fingerprint density at radius 3 is 2.40 bits per heavy atom. The fourth-order valence-electron chi connectivity index (χ4n) is 3.81. The Balaban J connectivity index is 1.98. The van der Waals surface area contributed by atoms with Crippen LogP contribution >= 0.6 is 0 Å². The van der Waals surface area contributed by atoms with E-state index in [9.17, 15) is 9.59 Å². The first-order valence-corrected chi connectivity index (χ1v) is 8.68. The summed E-state index contributed by atoms with van der Waals surface area (Å²) in [5.41, 5.74) is 5.83. The molecule has 25 heavy (non-hydrogen) atoms. The number of nitrogens with zero attached hydrogens (tertiary/aromatic N) is 1. The van der Waals surface area contributed by atoms with Crippen LogP contribution < -0.4 is 0 Å². The minimum Gasteiger partial charge on any atom is -0.388 e. The number of Topliss-reactive ketones (excluding diaryl/α,β-unsaturated/α-hetero) is 2. The van der Waals surface area contributed by atoms with Crippen molar-refractivity contribution in [2.24, 2.45) is 5.41 Å². The van der Waals surface area contributed by atoms with Gasteiger partial charge in [-0.05, 0) is 36.8 Å². The number of rotatable bonds is 4. The maximum atomic E-state index is 12.6. The average Bonchev–Trinajstić information content (AvgIpc) is 2.78. The second-order valence-electron chi connectivity index (χ2n) is 7.84. The zero-order chi connectivity index (χ0) is 18.4. The first-order valence-electron chi connectivity index (χ1n) is 8.68. The maximum absolute atomic E-state index is 12.6. The van der Waals surface area contributed by atoms with Gasteiger partial charge in [0.05, 0.1) is 0 Å². The van der Waals surface area contributed by atoms with E-state index in [1.54, 1.807) is 12.1 Å². The van der Waals surface area contributed by atoms with E-state index in [1.807, 2.05) is 19.1 Å². The predicted molar refractivity (Wildman–Crippen MR) is 97.3 cm³/mol. The van der Waals surface area contributed by atoms with Crippen molar-refractivity contribution in [1.82, 2.24) is 4.57 Å². The van der Waals surface area contributed by atoms with E-state index in [1.165, 1.54) is 0 Å². The second kappa shape index (κ2) is 6.26. The number of aliphatic hydroxyl groups is 1. The summed E-state index contributed by atoms with van der Waals surface area (Å²) in [6, 6.07) is 7.34. The van der Waals surface area contributed by atoms with Gasteiger partial charge in [-0.3, -0.25) is 9.59 Å². The molecule has 0 amide bonds. The van der Waals surface area contributed by atoms with Gasteiger partial charge < -0.3 is 9.67 Å². The second-order valence-corrected chi connectivity index (χ2v) is 7.84. The summed E-state index contributed by atoms with van der Waals surface area (Å²) in [5, 5.41) is 8.95. The lowest BCUT2D eigenvalue weighted by atomic mass is 9.75. The molecular weight excluding hydrogens is 314 g/mol. The number of hydrogen-bond acceptors (Lipinski definition) is 3. The number of hydrogen-bond donors (Lipinski definition) is 1. The van der Waals surface area contributed by atoms with Crippen molar-refractivity contribution >= 4 is 11.6 Å². The minimum absolute atomic E-state index is 0.0174. The van der Waals surface area contributed by atoms with Crippen molar-refractivity contribution < 1.29 is 14.7 Å². The quantitative estimate of drug-likeness (QED) is 0.868. The van der Waals surface area contributed by atoms with Crippen molar-refractivity contribution in [1.29, 1.82) is 0 Å². The molecule has 0 unspecified atom stereocenters. The summed E-state index contributed by atoms with van der Waals surface area (Å²) >= 11 is 0. The van der Waals surface area contributed by atoms with E-state index < -0.39 is 6.61 Å². The van der Waals surface area contributed by atoms with Gasteiger partial charge in [-0.15, -0.1) is 0 Å². The highest BCUT2D eigenvalue weighted by Gasteiger charge is 2.35. The molecule has 1 N–H and O–H groups in total. The number of ketones is 2. The molecule has 0 aliphatic heterocycles. The van der Waals surface area contributed by atoms with Crippen molar-refractivity contribution in [2.45, 2.75) is 47.1 Å². The number of aliphatic hydroxyl groups excluding tert-OH is 1. The third kappa shape index (κ3) is 3.19. The van der Waals surface area contributed by atoms with Gasteiger partial charge in [-0.25, -0.2) is 0 Å². The summed E-state index contributed by atoms with van der Waals surface area (Å²) in [6.45, 7) is 8.59. The van der Waals surface area contributed by atoms with Gasteiger partial charge in [0.2, 0.25) is 0 Å². The Labute approximate surface area is 148 Å². The van der Waals surface area contributed by atoms with Gasteiger partial charge >= 0.3 is 0 Å². The Morgan fingerprint density at radius 1 is 1.16 bits per heavy atom. The summed E-state index contributed by atoms with van der Waals surface area (Å²) in [4.78, 5) is 24.2. The summed E-state index contributed by atoms with van der Waals surface area (Å²) in [5.74, 6) is -0.0289. The molecule has 1 heterocycles. The molecule has 1 aromatic carbocycles. The van der Waals surface area contributed by atoms with Gasteiger partial charge in [-0.2, -0.15) is 0 Å². The van der Waals surface area contributed by atoms with Gasteiger partial charge in [0.25, 0.3) is 0 Å². The van der Waals surface area contributed by atoms with E-state index in [0.717, 1.165) is 34.5 Å². The smallest absolute Gasteiger partial charge is 0.188 e. The highest BCUT2D eigenvalue weighted by atomic mass is 16.3. The average molecular weight is 339 g/mol. The van der Waals surface area contributed by atoms with Gasteiger partial charge in [0.15, 0.2) is 11.6 Å². The van der Waals surface area contributed by atoms with Crippen molar-refractivity contribution in [3.63, 3.8) is 0 Å². The molecule has 1 aliphatic rings. The van der Waals surface area contributed by atoms with E-state index in [0.29, 0.717) is 18.5 Å². The molecule has 0 spiro atoms. The zero-order valence-corrected chi connectivity index (χ0v) is 15.3. The van der Waals surface area contributed by atoms with Crippen LogP contribution in [0.2, 0.25) is 0 Å². The lowest BCUT2D eigenvalue weighted by Gasteiger charge is -2.30. The number of aromatic nitrogens is 1. The normalized spacial score (nSPS) is 16.0. The topological polar surface area (TPSA) is 59.3 Å². The van der Waals surface area contributed by atoms with Crippen LogP contribution in [0.4, 0.5) is 0 Å². The van der Waals surface area contributed by atoms with Gasteiger partial charge in [-0.1, -0.05) is 38.1 Å². The van der Waals surface area contributed by atoms with Crippen LogP contribution in [0.5, 0.6) is 0 Å². The van der Waals surface area contributed by atoms with Crippen LogP contribution in [0.15, 0.2) is 24.3 Å². The lowest BCUT2D eigenvalue weighted by molar-refractivity contribution is 0.0898. The van der Waals surface area contributed by atoms with E-state index >= 15 is 0 Å². The molecule has 1 aliphatic carbocycles. The van der Waals surface area contributed by atoms with Crippen LogP contribution in [-0.2, 0) is 13.0 Å². The first-order chi connectivity index (χ1) is 11.7. The lowest BCUT2D eigenvalue weighted by Crippen LogP contribution is -2.28. The highest BCUT2D eigenvalue weighted by molar-refractivity contribution is 6.00. The molecule has 0 fully saturated rings. The molecule has 132 valence electrons. The fraction of sp³-hybridized carbons (Fsp3) is 0.429. The van der Waals surface area contributed by atoms with Gasteiger partial charge in [0.1, 0.15) is 6.61 Å². The number of carbonyl (C=O) groups is 2. The van der Waals surface area contributed by atoms with Crippen molar-refractivity contribution in [2.75, 3.05) is 6.61 Å². The standard InChI is InChI=1S/C21H25NO3/c1-13-14(2)22(17-9-21(3,4)10-18(24)20(13)17)11-15-5-7-16(8-6-15)19(25)12-23/h5-8,23H,9-12H2,1-4H3. The van der Waals surface area contributed by atoms with Crippen LogP contribution in [0.1, 0.15) is 63.5 Å². The molecule has 0 radical (unpaired) electrons. The molecule has 1 aromatic heterocycles. The Hall–Kier alpha value is -2.20. The van der Waals surface area contributed by atoms with Crippen LogP contribution in [0, 0.1) is 19.3 Å². The molecule has 4 heteroatoms. The molecule has 0 atom stereocenters. The van der Waals surface area contributed by atoms with Gasteiger partial charge in [0, 0.05) is 35.5 Å². The Bertz CT molecular complexity index is 841. The molecule has 3 rings (SSSR count). The summed E-state index contributed by atoms with van der Waals surface area (Å²) < 4.78 is 2.24. The zero-order valence-electron chi connectivity index (χ0n) is 15.3. The SMILES string of the molecule is Cc1c2c(n(Cc3ccc(C(=O)CO)cc3)c1C)CC(C)(C)CC2=O. The number of carbonyl (C=O) groups excluding carboxylic acids is 2. The van der Waals surface area contributed by atoms with Crippen molar-refractivity contribution in [3.8, 4) is 0 Å². The first kappa shape index (κ1) is 17.6. The molecular formula is C21H25NO3. The molecule has 0 bridgehead atoms. The van der Waals surface area contributed by atoms with Crippen LogP contribution in [0.25, 0.3) is 0 Å². The van der Waals surface area contributed by atoms with E-state index in [4.69, 9.17) is 5.11 Å². The largest absolute Gasteiger partial charge is 0.388 e. The maximum Gasteiger partial charge on any atom is 0.188 e. The fourth-order valence-corrected chi connectivity index (χ4v) is 3.81. The molecule has 4 nitrogen and oxygen atoms in total. The van der Waals surface area contributed by atoms with E-state index in [2.05, 4.69) is 25.3 Å². The third-order valence-corrected chi connectivity index (χ3v) is 5.26. The highest BCUT2D eigenvalue weighted by Crippen LogP contribution is 2.38. The summed E-state index contributed by atoms with van der Waals surface area (Å²) in [6.07, 6.45) is 1.49. The molecule has 2 aromatic rings. The number of fused-ring (bicyclic) bond motifs is 1. The molecule has 0 saturated heterocycles. The molecule has 0 saturated carbocycles. The van der Waals surface area contributed by atoms with E-state index in [-0.39, 0.29) is 17.0 Å². The Morgan fingerprint density at radius 2 is 1.80 bits per heavy atom. The van der Waals surface area contributed by atoms with Crippen LogP contribution in [-0.4, -0.2) is 27.8 Å².